The van der Waals surface area contributed by atoms with E-state index in [1.165, 1.54) is 5.56 Å². The normalized spacial score (nSPS) is 14.3. The van der Waals surface area contributed by atoms with Crippen LogP contribution in [0.2, 0.25) is 0 Å². The highest BCUT2D eigenvalue weighted by Crippen LogP contribution is 2.26. The third kappa shape index (κ3) is 9.52. The molecule has 0 unspecified atom stereocenters. The van der Waals surface area contributed by atoms with Gasteiger partial charge in [0.1, 0.15) is 0 Å². The number of anilines is 2. The van der Waals surface area contributed by atoms with Crippen LogP contribution in [0.3, 0.4) is 0 Å². The van der Waals surface area contributed by atoms with E-state index in [0.717, 1.165) is 94.4 Å². The lowest BCUT2D eigenvalue weighted by Crippen LogP contribution is -2.46. The van der Waals surface area contributed by atoms with E-state index in [9.17, 15) is 9.59 Å². The lowest BCUT2D eigenvalue weighted by molar-refractivity contribution is 0.0740. The van der Waals surface area contributed by atoms with E-state index in [4.69, 9.17) is 4.98 Å². The maximum atomic E-state index is 13.9. The lowest BCUT2D eigenvalue weighted by atomic mass is 10.1. The Labute approximate surface area is 280 Å². The Bertz CT molecular complexity index is 1590. The predicted molar refractivity (Wildman–Crippen MR) is 192 cm³/mol. The van der Waals surface area contributed by atoms with Gasteiger partial charge in [-0.3, -0.25) is 19.4 Å². The summed E-state index contributed by atoms with van der Waals surface area (Å²) in [5.74, 6) is 1.93. The molecule has 5 rings (SSSR count). The average molecular weight is 637 g/mol. The second kappa shape index (κ2) is 16.2. The number of piperazine rings is 1. The average Bonchev–Trinajstić information content (AvgIpc) is 3.40. The minimum atomic E-state index is 0.0423. The van der Waals surface area contributed by atoms with E-state index in [1.807, 2.05) is 47.4 Å². The molecule has 0 radical (unpaired) electrons. The molecule has 0 saturated carbocycles. The van der Waals surface area contributed by atoms with Gasteiger partial charge in [0.15, 0.2) is 5.78 Å². The fourth-order valence-electron chi connectivity index (χ4n) is 6.07. The molecule has 4 aromatic rings. The molecule has 1 amide bonds. The number of rotatable bonds is 15. The van der Waals surface area contributed by atoms with Crippen LogP contribution in [0.15, 0.2) is 72.8 Å². The van der Waals surface area contributed by atoms with Gasteiger partial charge in [0.05, 0.1) is 11.0 Å². The van der Waals surface area contributed by atoms with Crippen molar-refractivity contribution in [1.82, 2.24) is 24.3 Å². The Morgan fingerprint density at radius 1 is 0.787 bits per heavy atom. The van der Waals surface area contributed by atoms with Crippen LogP contribution in [-0.4, -0.2) is 81.8 Å². The summed E-state index contributed by atoms with van der Waals surface area (Å²) in [7, 11) is 0. The molecule has 8 nitrogen and oxygen atoms in total. The fourth-order valence-corrected chi connectivity index (χ4v) is 6.07. The van der Waals surface area contributed by atoms with Gasteiger partial charge in [-0.05, 0) is 79.6 Å². The molecule has 1 aliphatic heterocycles. The van der Waals surface area contributed by atoms with Gasteiger partial charge in [-0.25, -0.2) is 4.98 Å². The zero-order valence-corrected chi connectivity index (χ0v) is 28.9. The minimum Gasteiger partial charge on any atom is -0.339 e. The number of fused-ring (bicyclic) bond motifs is 1. The van der Waals surface area contributed by atoms with Crippen LogP contribution < -0.4 is 5.32 Å². The number of carbonyl (C=O) groups excluding carboxylic acids is 2. The molecule has 8 heteroatoms. The predicted octanol–water partition coefficient (Wildman–Crippen LogP) is 7.33. The van der Waals surface area contributed by atoms with Crippen LogP contribution in [-0.2, 0) is 13.1 Å². The maximum Gasteiger partial charge on any atom is 0.253 e. The van der Waals surface area contributed by atoms with Crippen molar-refractivity contribution in [1.29, 1.82) is 0 Å². The third-order valence-corrected chi connectivity index (χ3v) is 9.14. The molecule has 47 heavy (non-hydrogen) atoms. The van der Waals surface area contributed by atoms with Crippen LogP contribution in [0.5, 0.6) is 0 Å². The number of benzene rings is 3. The van der Waals surface area contributed by atoms with E-state index in [0.29, 0.717) is 23.0 Å². The smallest absolute Gasteiger partial charge is 0.253 e. The molecule has 250 valence electrons. The molecule has 0 bridgehead atoms. The van der Waals surface area contributed by atoms with Crippen LogP contribution >= 0.6 is 0 Å². The van der Waals surface area contributed by atoms with Crippen molar-refractivity contribution in [3.63, 3.8) is 0 Å². The van der Waals surface area contributed by atoms with Gasteiger partial charge < -0.3 is 14.8 Å². The summed E-state index contributed by atoms with van der Waals surface area (Å²) >= 11 is 0. The van der Waals surface area contributed by atoms with Gasteiger partial charge >= 0.3 is 0 Å². The Morgan fingerprint density at radius 3 is 2.02 bits per heavy atom. The highest BCUT2D eigenvalue weighted by molar-refractivity contribution is 5.98. The summed E-state index contributed by atoms with van der Waals surface area (Å²) in [5, 5.41) is 3.51. The van der Waals surface area contributed by atoms with Crippen LogP contribution in [0.4, 0.5) is 11.6 Å². The minimum absolute atomic E-state index is 0.0423. The lowest BCUT2D eigenvalue weighted by Gasteiger charge is -2.34. The van der Waals surface area contributed by atoms with E-state index in [2.05, 4.69) is 77.7 Å². The summed E-state index contributed by atoms with van der Waals surface area (Å²) < 4.78 is 2.22. The number of ketones is 1. The fraction of sp³-hybridized carbons (Fsp3) is 0.462. The summed E-state index contributed by atoms with van der Waals surface area (Å²) in [6.07, 6.45) is 1.97. The van der Waals surface area contributed by atoms with Crippen molar-refractivity contribution in [2.45, 2.75) is 60.5 Å². The molecule has 3 aromatic carbocycles. The van der Waals surface area contributed by atoms with Crippen LogP contribution in [0.25, 0.3) is 11.0 Å². The summed E-state index contributed by atoms with van der Waals surface area (Å²) in [6, 6.07) is 24.1. The number of aromatic nitrogens is 2. The number of imidazole rings is 1. The van der Waals surface area contributed by atoms with Crippen molar-refractivity contribution in [2.24, 2.45) is 11.8 Å². The maximum absolute atomic E-state index is 13.9. The number of amides is 1. The summed E-state index contributed by atoms with van der Waals surface area (Å²) in [5.41, 5.74) is 5.42. The number of nitrogens with zero attached hydrogens (tertiary/aromatic N) is 5. The van der Waals surface area contributed by atoms with Crippen molar-refractivity contribution in [3.8, 4) is 0 Å². The monoisotopic (exact) mass is 636 g/mol. The summed E-state index contributed by atoms with van der Waals surface area (Å²) in [4.78, 5) is 37.8. The summed E-state index contributed by atoms with van der Waals surface area (Å²) in [6.45, 7) is 18.7. The van der Waals surface area contributed by atoms with Crippen molar-refractivity contribution in [2.75, 3.05) is 51.1 Å². The van der Waals surface area contributed by atoms with Crippen molar-refractivity contribution >= 4 is 34.4 Å². The molecule has 0 spiro atoms. The van der Waals surface area contributed by atoms with Gasteiger partial charge in [-0.15, -0.1) is 0 Å². The number of Topliss-reactive ketones (excluding diaryl/α,β-unsaturated/α-hetero) is 1. The third-order valence-electron chi connectivity index (χ3n) is 9.14. The molecular formula is C39H52N6O2. The number of carbonyl (C=O) groups is 2. The Morgan fingerprint density at radius 2 is 1.40 bits per heavy atom. The van der Waals surface area contributed by atoms with Gasteiger partial charge in [-0.1, -0.05) is 58.0 Å². The van der Waals surface area contributed by atoms with Gasteiger partial charge in [0, 0.05) is 75.7 Å². The first-order valence-corrected chi connectivity index (χ1v) is 17.3. The number of nitrogens with one attached hydrogen (secondary N) is 1. The SMILES string of the molecule is CC(=O)c1ccc(Nc2nc3ccc(C(=O)N(CCC(C)C)CCC(C)C)cc3n2CCN2CCN(Cc3ccccc3)CC2)cc1. The quantitative estimate of drug-likeness (QED) is 0.138. The molecule has 0 aliphatic carbocycles. The van der Waals surface area contributed by atoms with Crippen molar-refractivity contribution < 1.29 is 9.59 Å². The highest BCUT2D eigenvalue weighted by atomic mass is 16.2. The number of hydrogen-bond acceptors (Lipinski definition) is 6. The van der Waals surface area contributed by atoms with E-state index < -0.39 is 0 Å². The zero-order chi connectivity index (χ0) is 33.3. The zero-order valence-electron chi connectivity index (χ0n) is 28.9. The topological polar surface area (TPSA) is 73.7 Å². The van der Waals surface area contributed by atoms with Gasteiger partial charge in [0.25, 0.3) is 5.91 Å². The number of hydrogen-bond donors (Lipinski definition) is 1. The molecule has 0 atom stereocenters. The van der Waals surface area contributed by atoms with Crippen LogP contribution in [0, 0.1) is 11.8 Å². The molecule has 1 N–H and O–H groups in total. The second-order valence-electron chi connectivity index (χ2n) is 13.8. The Kier molecular flexibility index (Phi) is 11.8. The first-order valence-electron chi connectivity index (χ1n) is 17.3. The Hall–Kier alpha value is -4.01. The molecule has 2 heterocycles. The first kappa shape index (κ1) is 34.3. The largest absolute Gasteiger partial charge is 0.339 e. The molecule has 1 fully saturated rings. The van der Waals surface area contributed by atoms with Crippen molar-refractivity contribution in [3.05, 3.63) is 89.5 Å². The van der Waals surface area contributed by atoms with E-state index in [1.54, 1.807) is 6.92 Å². The van der Waals surface area contributed by atoms with E-state index >= 15 is 0 Å². The standard InChI is InChI=1S/C39H52N6O2/c1-29(2)17-19-44(20-18-30(3)4)38(47)34-13-16-36-37(27-34)45(39(41-36)40-35-14-11-33(12-15-35)31(5)46)26-25-42-21-23-43(24-22-42)28-32-9-7-6-8-10-32/h6-16,27,29-30H,17-26,28H2,1-5H3,(H,40,41). The molecule has 1 aromatic heterocycles. The molecular weight excluding hydrogens is 584 g/mol. The molecule has 1 saturated heterocycles. The van der Waals surface area contributed by atoms with Crippen LogP contribution in [0.1, 0.15) is 73.7 Å². The second-order valence-corrected chi connectivity index (χ2v) is 13.8. The molecule has 1 aliphatic rings. The van der Waals surface area contributed by atoms with Gasteiger partial charge in [-0.2, -0.15) is 0 Å². The van der Waals surface area contributed by atoms with Gasteiger partial charge in [0.2, 0.25) is 5.95 Å². The Balaban J connectivity index is 1.36. The first-order chi connectivity index (χ1) is 22.7. The highest BCUT2D eigenvalue weighted by Gasteiger charge is 2.21. The van der Waals surface area contributed by atoms with E-state index in [-0.39, 0.29) is 11.7 Å².